The highest BCUT2D eigenvalue weighted by molar-refractivity contribution is 5.03. The summed E-state index contributed by atoms with van der Waals surface area (Å²) in [4.78, 5) is 0. The van der Waals surface area contributed by atoms with E-state index in [9.17, 15) is 0 Å². The van der Waals surface area contributed by atoms with Crippen LogP contribution in [0.1, 0.15) is 51.4 Å². The third-order valence-electron chi connectivity index (χ3n) is 4.47. The molecule has 0 saturated heterocycles. The SMILES string of the molecule is CNC1CCCCC1(N)C1CCCC1. The molecule has 2 fully saturated rings. The molecule has 82 valence electrons. The minimum Gasteiger partial charge on any atom is -0.324 e. The van der Waals surface area contributed by atoms with Crippen LogP contribution in [0, 0.1) is 5.92 Å². The standard InChI is InChI=1S/C12H24N2/c1-14-11-8-4-5-9-12(11,13)10-6-2-3-7-10/h10-11,14H,2-9,13H2,1H3. The van der Waals surface area contributed by atoms with E-state index >= 15 is 0 Å². The van der Waals surface area contributed by atoms with E-state index < -0.39 is 0 Å². The van der Waals surface area contributed by atoms with Crippen molar-refractivity contribution in [2.24, 2.45) is 11.7 Å². The fraction of sp³-hybridized carbons (Fsp3) is 1.00. The van der Waals surface area contributed by atoms with Crippen molar-refractivity contribution >= 4 is 0 Å². The number of likely N-dealkylation sites (N-methyl/N-ethyl adjacent to an activating group) is 1. The molecule has 2 aliphatic carbocycles. The van der Waals surface area contributed by atoms with Crippen LogP contribution in [0.2, 0.25) is 0 Å². The lowest BCUT2D eigenvalue weighted by atomic mass is 9.69. The molecular weight excluding hydrogens is 172 g/mol. The normalized spacial score (nSPS) is 40.3. The van der Waals surface area contributed by atoms with Crippen LogP contribution in [0.5, 0.6) is 0 Å². The summed E-state index contributed by atoms with van der Waals surface area (Å²) in [6.07, 6.45) is 10.8. The van der Waals surface area contributed by atoms with Gasteiger partial charge in [0.1, 0.15) is 0 Å². The second-order valence-corrected chi connectivity index (χ2v) is 5.18. The molecule has 0 aromatic carbocycles. The highest BCUT2D eigenvalue weighted by Crippen LogP contribution is 2.40. The highest BCUT2D eigenvalue weighted by atomic mass is 15.0. The van der Waals surface area contributed by atoms with Crippen molar-refractivity contribution in [2.75, 3.05) is 7.05 Å². The minimum absolute atomic E-state index is 0.115. The molecule has 0 spiro atoms. The van der Waals surface area contributed by atoms with Gasteiger partial charge in [0.05, 0.1) is 0 Å². The third kappa shape index (κ3) is 1.70. The van der Waals surface area contributed by atoms with Gasteiger partial charge in [-0.25, -0.2) is 0 Å². The van der Waals surface area contributed by atoms with E-state index in [2.05, 4.69) is 12.4 Å². The van der Waals surface area contributed by atoms with Gasteiger partial charge >= 0.3 is 0 Å². The molecule has 2 unspecified atom stereocenters. The highest BCUT2D eigenvalue weighted by Gasteiger charge is 2.43. The van der Waals surface area contributed by atoms with Gasteiger partial charge in [-0.1, -0.05) is 25.7 Å². The van der Waals surface area contributed by atoms with Gasteiger partial charge in [-0.2, -0.15) is 0 Å². The van der Waals surface area contributed by atoms with Crippen molar-refractivity contribution in [1.29, 1.82) is 0 Å². The van der Waals surface area contributed by atoms with Crippen molar-refractivity contribution in [3.63, 3.8) is 0 Å². The van der Waals surface area contributed by atoms with Crippen molar-refractivity contribution in [3.8, 4) is 0 Å². The van der Waals surface area contributed by atoms with Gasteiger partial charge in [-0.05, 0) is 38.6 Å². The summed E-state index contributed by atoms with van der Waals surface area (Å²) >= 11 is 0. The molecule has 2 atom stereocenters. The molecule has 3 N–H and O–H groups in total. The summed E-state index contributed by atoms with van der Waals surface area (Å²) in [6, 6.07) is 0.569. The lowest BCUT2D eigenvalue weighted by Gasteiger charge is -2.45. The first-order chi connectivity index (χ1) is 6.77. The van der Waals surface area contributed by atoms with E-state index in [1.807, 2.05) is 0 Å². The Morgan fingerprint density at radius 2 is 1.71 bits per heavy atom. The molecule has 0 aliphatic heterocycles. The summed E-state index contributed by atoms with van der Waals surface area (Å²) in [6.45, 7) is 0. The van der Waals surface area contributed by atoms with E-state index in [0.29, 0.717) is 6.04 Å². The maximum Gasteiger partial charge on any atom is 0.0338 e. The molecular formula is C12H24N2. The Balaban J connectivity index is 2.08. The van der Waals surface area contributed by atoms with Gasteiger partial charge in [0.25, 0.3) is 0 Å². The Morgan fingerprint density at radius 3 is 2.36 bits per heavy atom. The molecule has 2 heteroatoms. The maximum absolute atomic E-state index is 6.66. The first-order valence-electron chi connectivity index (χ1n) is 6.23. The molecule has 2 rings (SSSR count). The first-order valence-corrected chi connectivity index (χ1v) is 6.23. The Hall–Kier alpha value is -0.0800. The smallest absolute Gasteiger partial charge is 0.0338 e. The fourth-order valence-electron chi connectivity index (χ4n) is 3.59. The largest absolute Gasteiger partial charge is 0.324 e. The van der Waals surface area contributed by atoms with Gasteiger partial charge in [0.2, 0.25) is 0 Å². The summed E-state index contributed by atoms with van der Waals surface area (Å²) in [5.74, 6) is 0.792. The zero-order chi connectivity index (χ0) is 10.0. The van der Waals surface area contributed by atoms with E-state index in [4.69, 9.17) is 5.73 Å². The Morgan fingerprint density at radius 1 is 1.07 bits per heavy atom. The quantitative estimate of drug-likeness (QED) is 0.709. The zero-order valence-electron chi connectivity index (χ0n) is 9.39. The van der Waals surface area contributed by atoms with Gasteiger partial charge in [-0.3, -0.25) is 0 Å². The Labute approximate surface area is 87.6 Å². The summed E-state index contributed by atoms with van der Waals surface area (Å²) in [5, 5.41) is 3.45. The summed E-state index contributed by atoms with van der Waals surface area (Å²) in [5.41, 5.74) is 6.77. The van der Waals surface area contributed by atoms with E-state index in [0.717, 1.165) is 5.92 Å². The van der Waals surface area contributed by atoms with Crippen molar-refractivity contribution in [3.05, 3.63) is 0 Å². The van der Waals surface area contributed by atoms with Crippen molar-refractivity contribution in [1.82, 2.24) is 5.32 Å². The van der Waals surface area contributed by atoms with Crippen LogP contribution in [0.15, 0.2) is 0 Å². The third-order valence-corrected chi connectivity index (χ3v) is 4.47. The second-order valence-electron chi connectivity index (χ2n) is 5.18. The first kappa shape index (κ1) is 10.4. The van der Waals surface area contributed by atoms with Gasteiger partial charge in [0, 0.05) is 11.6 Å². The van der Waals surface area contributed by atoms with E-state index in [1.54, 1.807) is 0 Å². The number of hydrogen-bond donors (Lipinski definition) is 2. The monoisotopic (exact) mass is 196 g/mol. The minimum atomic E-state index is 0.115. The van der Waals surface area contributed by atoms with Crippen LogP contribution in [-0.4, -0.2) is 18.6 Å². The molecule has 0 bridgehead atoms. The molecule has 14 heavy (non-hydrogen) atoms. The van der Waals surface area contributed by atoms with Crippen LogP contribution >= 0.6 is 0 Å². The maximum atomic E-state index is 6.66. The lowest BCUT2D eigenvalue weighted by molar-refractivity contribution is 0.148. The Bertz CT molecular complexity index is 183. The van der Waals surface area contributed by atoms with E-state index in [-0.39, 0.29) is 5.54 Å². The number of rotatable bonds is 2. The average Bonchev–Trinajstić information content (AvgIpc) is 2.72. The molecule has 0 heterocycles. The molecule has 0 amide bonds. The lowest BCUT2D eigenvalue weighted by Crippen LogP contribution is -2.61. The molecule has 2 nitrogen and oxygen atoms in total. The van der Waals surface area contributed by atoms with Crippen LogP contribution in [0.3, 0.4) is 0 Å². The second kappa shape index (κ2) is 4.19. The molecule has 2 aliphatic rings. The van der Waals surface area contributed by atoms with Crippen LogP contribution in [0.25, 0.3) is 0 Å². The molecule has 0 aromatic heterocycles. The number of hydrogen-bond acceptors (Lipinski definition) is 2. The van der Waals surface area contributed by atoms with Crippen LogP contribution < -0.4 is 11.1 Å². The van der Waals surface area contributed by atoms with Gasteiger partial charge < -0.3 is 11.1 Å². The van der Waals surface area contributed by atoms with Crippen molar-refractivity contribution in [2.45, 2.75) is 62.9 Å². The van der Waals surface area contributed by atoms with Crippen LogP contribution in [-0.2, 0) is 0 Å². The Kier molecular flexibility index (Phi) is 3.13. The zero-order valence-corrected chi connectivity index (χ0v) is 9.39. The molecule has 0 radical (unpaired) electrons. The van der Waals surface area contributed by atoms with E-state index in [1.165, 1.54) is 51.4 Å². The summed E-state index contributed by atoms with van der Waals surface area (Å²) < 4.78 is 0. The average molecular weight is 196 g/mol. The van der Waals surface area contributed by atoms with Gasteiger partial charge in [-0.15, -0.1) is 0 Å². The fourth-order valence-corrected chi connectivity index (χ4v) is 3.59. The predicted octanol–water partition coefficient (Wildman–Crippen LogP) is 2.04. The topological polar surface area (TPSA) is 38.0 Å². The molecule has 2 saturated carbocycles. The molecule has 0 aromatic rings. The van der Waals surface area contributed by atoms with Gasteiger partial charge in [0.15, 0.2) is 0 Å². The van der Waals surface area contributed by atoms with Crippen molar-refractivity contribution < 1.29 is 0 Å². The van der Waals surface area contributed by atoms with Crippen LogP contribution in [0.4, 0.5) is 0 Å². The summed E-state index contributed by atoms with van der Waals surface area (Å²) in [7, 11) is 2.08. The number of nitrogens with one attached hydrogen (secondary N) is 1. The number of nitrogens with two attached hydrogens (primary N) is 1. The predicted molar refractivity (Wildman–Crippen MR) is 60.2 cm³/mol.